The second kappa shape index (κ2) is 6.77. The van der Waals surface area contributed by atoms with Crippen molar-refractivity contribution in [3.63, 3.8) is 0 Å². The number of hydrogen-bond acceptors (Lipinski definition) is 7. The first-order valence-corrected chi connectivity index (χ1v) is 6.93. The number of rotatable bonds is 4. The Morgan fingerprint density at radius 1 is 0.750 bits per heavy atom. The maximum Gasteiger partial charge on any atom is 0.253 e. The fourth-order valence-electron chi connectivity index (χ4n) is 2.27. The van der Waals surface area contributed by atoms with Crippen molar-refractivity contribution in [2.75, 3.05) is 14.2 Å². The molecule has 0 bridgehead atoms. The van der Waals surface area contributed by atoms with E-state index in [1.165, 1.54) is 20.3 Å². The van der Waals surface area contributed by atoms with Crippen LogP contribution in [0.2, 0.25) is 0 Å². The van der Waals surface area contributed by atoms with E-state index in [0.29, 0.717) is 0 Å². The van der Waals surface area contributed by atoms with Gasteiger partial charge in [0.25, 0.3) is 5.79 Å². The second-order valence-electron chi connectivity index (χ2n) is 5.08. The Bertz CT molecular complexity index is 758. The predicted octanol–water partition coefficient (Wildman–Crippen LogP) is 0.203. The zero-order valence-corrected chi connectivity index (χ0v) is 13.0. The predicted molar refractivity (Wildman–Crippen MR) is 80.8 cm³/mol. The van der Waals surface area contributed by atoms with Crippen LogP contribution in [0, 0.1) is 0 Å². The van der Waals surface area contributed by atoms with E-state index in [1.54, 1.807) is 0 Å². The lowest BCUT2D eigenvalue weighted by atomic mass is 9.96. The topological polar surface area (TPSA) is 104 Å². The molecule has 0 fully saturated rings. The Hall–Kier alpha value is -2.77. The minimum Gasteiger partial charge on any atom is -0.344 e. The van der Waals surface area contributed by atoms with Crippen LogP contribution in [0.1, 0.15) is 6.42 Å². The summed E-state index contributed by atoms with van der Waals surface area (Å²) in [6.45, 7) is 0. The van der Waals surface area contributed by atoms with E-state index in [-0.39, 0.29) is 17.6 Å². The van der Waals surface area contributed by atoms with Gasteiger partial charge in [-0.1, -0.05) is 0 Å². The van der Waals surface area contributed by atoms with Crippen LogP contribution in [0.3, 0.4) is 0 Å². The standard InChI is InChI=1S/C17H14O7/c1-23-17(24-2)9-11(13(19)5-6-16(17)22)7-10-8-15(21)14(20)4-3-12(10)18/h3-6,8-9H,7H2,1-2H3. The van der Waals surface area contributed by atoms with Crippen LogP contribution in [0.15, 0.2) is 47.6 Å². The van der Waals surface area contributed by atoms with Crippen molar-refractivity contribution >= 4 is 28.9 Å². The minimum absolute atomic E-state index is 0.0365. The number of carbonyl (C=O) groups is 5. The largest absolute Gasteiger partial charge is 0.344 e. The van der Waals surface area contributed by atoms with Crippen molar-refractivity contribution in [2.45, 2.75) is 12.2 Å². The third-order valence-corrected chi connectivity index (χ3v) is 3.65. The molecule has 0 radical (unpaired) electrons. The van der Waals surface area contributed by atoms with Crippen LogP contribution in [-0.2, 0) is 33.4 Å². The molecular formula is C17H14O7. The highest BCUT2D eigenvalue weighted by atomic mass is 16.7. The lowest BCUT2D eigenvalue weighted by Crippen LogP contribution is -2.39. The molecule has 0 aliphatic heterocycles. The summed E-state index contributed by atoms with van der Waals surface area (Å²) in [5.74, 6) is -5.16. The van der Waals surface area contributed by atoms with Gasteiger partial charge in [-0.2, -0.15) is 0 Å². The average Bonchev–Trinajstić information content (AvgIpc) is 2.77. The molecule has 2 aliphatic carbocycles. The maximum atomic E-state index is 12.2. The van der Waals surface area contributed by atoms with E-state index in [9.17, 15) is 24.0 Å². The monoisotopic (exact) mass is 330 g/mol. The fraction of sp³-hybridized carbons (Fsp3) is 0.235. The van der Waals surface area contributed by atoms with Crippen LogP contribution in [-0.4, -0.2) is 48.9 Å². The molecule has 7 heteroatoms. The zero-order chi connectivity index (χ0) is 17.9. The van der Waals surface area contributed by atoms with Crippen LogP contribution >= 0.6 is 0 Å². The molecular weight excluding hydrogens is 316 g/mol. The van der Waals surface area contributed by atoms with Gasteiger partial charge in [0.1, 0.15) is 0 Å². The number of carbonyl (C=O) groups excluding carboxylic acids is 5. The lowest BCUT2D eigenvalue weighted by molar-refractivity contribution is -0.181. The van der Waals surface area contributed by atoms with Crippen LogP contribution in [0.5, 0.6) is 0 Å². The number of ketones is 5. The molecule has 0 aromatic rings. The number of hydrogen-bond donors (Lipinski definition) is 0. The molecule has 7 nitrogen and oxygen atoms in total. The lowest BCUT2D eigenvalue weighted by Gasteiger charge is -2.24. The van der Waals surface area contributed by atoms with Crippen molar-refractivity contribution < 1.29 is 33.4 Å². The second-order valence-corrected chi connectivity index (χ2v) is 5.08. The fourth-order valence-corrected chi connectivity index (χ4v) is 2.27. The number of allylic oxidation sites excluding steroid dienone is 6. The Kier molecular flexibility index (Phi) is 4.96. The van der Waals surface area contributed by atoms with Gasteiger partial charge >= 0.3 is 0 Å². The number of methoxy groups -OCH3 is 2. The maximum absolute atomic E-state index is 12.2. The van der Waals surface area contributed by atoms with Crippen LogP contribution < -0.4 is 0 Å². The molecule has 124 valence electrons. The van der Waals surface area contributed by atoms with Gasteiger partial charge in [0.05, 0.1) is 0 Å². The van der Waals surface area contributed by atoms with E-state index in [0.717, 1.165) is 30.4 Å². The van der Waals surface area contributed by atoms with Crippen LogP contribution in [0.25, 0.3) is 0 Å². The molecule has 0 atom stereocenters. The van der Waals surface area contributed by atoms with Gasteiger partial charge in [-0.3, -0.25) is 24.0 Å². The molecule has 0 aromatic heterocycles. The molecule has 0 saturated heterocycles. The summed E-state index contributed by atoms with van der Waals surface area (Å²) in [7, 11) is 2.47. The Labute approximate surface area is 137 Å². The average molecular weight is 330 g/mol. The summed E-state index contributed by atoms with van der Waals surface area (Å²) >= 11 is 0. The van der Waals surface area contributed by atoms with Gasteiger partial charge in [-0.05, 0) is 36.5 Å². The van der Waals surface area contributed by atoms with Crippen molar-refractivity contribution in [1.82, 2.24) is 0 Å². The van der Waals surface area contributed by atoms with Crippen molar-refractivity contribution in [1.29, 1.82) is 0 Å². The van der Waals surface area contributed by atoms with Crippen LogP contribution in [0.4, 0.5) is 0 Å². The molecule has 24 heavy (non-hydrogen) atoms. The third-order valence-electron chi connectivity index (χ3n) is 3.65. The summed E-state index contributed by atoms with van der Waals surface area (Å²) in [6, 6.07) is 0. The van der Waals surface area contributed by atoms with Crippen molar-refractivity contribution in [2.24, 2.45) is 0 Å². The van der Waals surface area contributed by atoms with Gasteiger partial charge in [0.2, 0.25) is 17.3 Å². The summed E-state index contributed by atoms with van der Waals surface area (Å²) in [5.41, 5.74) is 0.00139. The van der Waals surface area contributed by atoms with E-state index in [4.69, 9.17) is 9.47 Å². The molecule has 0 amide bonds. The highest BCUT2D eigenvalue weighted by Gasteiger charge is 2.38. The van der Waals surface area contributed by atoms with E-state index >= 15 is 0 Å². The minimum atomic E-state index is -1.79. The van der Waals surface area contributed by atoms with Gasteiger partial charge < -0.3 is 9.47 Å². The zero-order valence-electron chi connectivity index (χ0n) is 13.0. The van der Waals surface area contributed by atoms with Gasteiger partial charge in [0, 0.05) is 31.8 Å². The molecule has 0 unspecified atom stereocenters. The molecule has 2 rings (SSSR count). The summed E-state index contributed by atoms with van der Waals surface area (Å²) < 4.78 is 10.2. The van der Waals surface area contributed by atoms with E-state index < -0.39 is 34.7 Å². The van der Waals surface area contributed by atoms with E-state index in [2.05, 4.69) is 0 Å². The quantitative estimate of drug-likeness (QED) is 0.536. The van der Waals surface area contributed by atoms with Crippen molar-refractivity contribution in [3.05, 3.63) is 47.6 Å². The van der Waals surface area contributed by atoms with Crippen molar-refractivity contribution in [3.8, 4) is 0 Å². The third kappa shape index (κ3) is 3.27. The van der Waals surface area contributed by atoms with Gasteiger partial charge in [-0.15, -0.1) is 0 Å². The summed E-state index contributed by atoms with van der Waals surface area (Å²) in [4.78, 5) is 59.2. The Balaban J connectivity index is 2.46. The first-order chi connectivity index (χ1) is 11.3. The normalized spacial score (nSPS) is 20.7. The number of ether oxygens (including phenoxy) is 2. The summed E-state index contributed by atoms with van der Waals surface area (Å²) in [5, 5.41) is 0. The molecule has 0 N–H and O–H groups in total. The molecule has 0 heterocycles. The first-order valence-electron chi connectivity index (χ1n) is 6.93. The van der Waals surface area contributed by atoms with Gasteiger partial charge in [0.15, 0.2) is 11.6 Å². The van der Waals surface area contributed by atoms with Gasteiger partial charge in [-0.25, -0.2) is 0 Å². The highest BCUT2D eigenvalue weighted by molar-refractivity contribution is 6.47. The smallest absolute Gasteiger partial charge is 0.253 e. The Morgan fingerprint density at radius 3 is 1.92 bits per heavy atom. The Morgan fingerprint density at radius 2 is 1.29 bits per heavy atom. The van der Waals surface area contributed by atoms with E-state index in [1.807, 2.05) is 0 Å². The molecule has 0 saturated carbocycles. The summed E-state index contributed by atoms with van der Waals surface area (Å²) in [6.07, 6.45) is 5.75. The highest BCUT2D eigenvalue weighted by Crippen LogP contribution is 2.25. The molecule has 0 aromatic carbocycles. The molecule has 2 aliphatic rings. The SMILES string of the molecule is COC1(OC)C=C(CC2=CC(=O)C(=O)C=CC2=O)C(=O)C=CC1=O. The first kappa shape index (κ1) is 17.6. The molecule has 0 spiro atoms.